The molecule has 0 amide bonds. The summed E-state index contributed by atoms with van der Waals surface area (Å²) in [6.45, 7) is 4.55. The molecule has 0 fully saturated rings. The number of carbonyl (C=O) groups is 2. The van der Waals surface area contributed by atoms with E-state index in [2.05, 4.69) is 13.8 Å². The zero-order valence-corrected chi connectivity index (χ0v) is 30.7. The van der Waals surface area contributed by atoms with E-state index in [0.29, 0.717) is 12.8 Å². The lowest BCUT2D eigenvalue weighted by Gasteiger charge is -2.18. The molecule has 0 heterocycles. The Kier molecular flexibility index (Phi) is 36.5. The lowest BCUT2D eigenvalue weighted by molar-refractivity contribution is -0.150. The van der Waals surface area contributed by atoms with Crippen molar-refractivity contribution in [2.24, 2.45) is 0 Å². The summed E-state index contributed by atoms with van der Waals surface area (Å²) in [7, 11) is 0. The third-order valence-corrected chi connectivity index (χ3v) is 9.58. The van der Waals surface area contributed by atoms with Gasteiger partial charge < -0.3 is 9.84 Å². The molecule has 268 valence electrons. The molecule has 0 aliphatic rings. The molecule has 4 heteroatoms. The maximum absolute atomic E-state index is 12.6. The van der Waals surface area contributed by atoms with Gasteiger partial charge in [-0.1, -0.05) is 194 Å². The second kappa shape index (κ2) is 37.4. The monoisotopic (exact) mass is 637 g/mol. The summed E-state index contributed by atoms with van der Waals surface area (Å²) >= 11 is 0. The van der Waals surface area contributed by atoms with E-state index < -0.39 is 5.97 Å². The molecule has 0 spiro atoms. The lowest BCUT2D eigenvalue weighted by Crippen LogP contribution is -2.18. The van der Waals surface area contributed by atoms with Crippen molar-refractivity contribution in [1.29, 1.82) is 0 Å². The second-order valence-electron chi connectivity index (χ2n) is 14.2. The fourth-order valence-electron chi connectivity index (χ4n) is 6.54. The van der Waals surface area contributed by atoms with Crippen molar-refractivity contribution in [3.63, 3.8) is 0 Å². The number of carboxylic acid groups (broad SMARTS) is 1. The number of unbranched alkanes of at least 4 members (excludes halogenated alkanes) is 29. The van der Waals surface area contributed by atoms with Crippen molar-refractivity contribution >= 4 is 11.9 Å². The average Bonchev–Trinajstić information content (AvgIpc) is 3.02. The first-order valence-corrected chi connectivity index (χ1v) is 20.5. The van der Waals surface area contributed by atoms with Crippen LogP contribution in [0, 0.1) is 0 Å². The predicted octanol–water partition coefficient (Wildman–Crippen LogP) is 14.1. The van der Waals surface area contributed by atoms with Gasteiger partial charge in [0.15, 0.2) is 0 Å². The first-order valence-electron chi connectivity index (χ1n) is 20.5. The van der Waals surface area contributed by atoms with Gasteiger partial charge in [0.05, 0.1) is 0 Å². The highest BCUT2D eigenvalue weighted by molar-refractivity contribution is 5.69. The molecule has 45 heavy (non-hydrogen) atoms. The number of ether oxygens (including phenoxy) is 1. The Labute approximate surface area is 282 Å². The van der Waals surface area contributed by atoms with Gasteiger partial charge in [0.2, 0.25) is 0 Å². The molecular weight excluding hydrogens is 556 g/mol. The third-order valence-electron chi connectivity index (χ3n) is 9.58. The van der Waals surface area contributed by atoms with Gasteiger partial charge in [0.25, 0.3) is 0 Å². The highest BCUT2D eigenvalue weighted by atomic mass is 16.5. The first kappa shape index (κ1) is 43.9. The predicted molar refractivity (Wildman–Crippen MR) is 195 cm³/mol. The summed E-state index contributed by atoms with van der Waals surface area (Å²) in [5.74, 6) is -0.616. The molecule has 0 aromatic rings. The quantitative estimate of drug-likeness (QED) is 0.0541. The summed E-state index contributed by atoms with van der Waals surface area (Å²) in [5.41, 5.74) is 0. The van der Waals surface area contributed by atoms with Crippen LogP contribution in [-0.2, 0) is 14.3 Å². The molecule has 0 saturated carbocycles. The zero-order valence-electron chi connectivity index (χ0n) is 30.7. The van der Waals surface area contributed by atoms with Crippen molar-refractivity contribution in [2.45, 2.75) is 251 Å². The van der Waals surface area contributed by atoms with Crippen molar-refractivity contribution in [3.8, 4) is 0 Å². The van der Waals surface area contributed by atoms with Crippen molar-refractivity contribution < 1.29 is 19.4 Å². The van der Waals surface area contributed by atoms with Crippen LogP contribution < -0.4 is 0 Å². The molecule has 1 N–H and O–H groups in total. The van der Waals surface area contributed by atoms with Crippen LogP contribution in [0.4, 0.5) is 0 Å². The standard InChI is InChI=1S/C41H80O4/c1-3-5-7-9-10-11-12-13-17-20-23-26-30-34-38-41(44)45-39(35-31-27-8-6-4-2)36-32-28-24-21-18-15-14-16-19-22-25-29-33-37-40(42)43/h39H,3-38H2,1-2H3,(H,42,43). The van der Waals surface area contributed by atoms with Crippen molar-refractivity contribution in [3.05, 3.63) is 0 Å². The van der Waals surface area contributed by atoms with E-state index in [9.17, 15) is 9.59 Å². The Balaban J connectivity index is 3.82. The first-order chi connectivity index (χ1) is 22.1. The molecule has 0 saturated heterocycles. The van der Waals surface area contributed by atoms with Gasteiger partial charge in [-0.05, 0) is 38.5 Å². The van der Waals surface area contributed by atoms with E-state index in [4.69, 9.17) is 9.84 Å². The molecule has 0 aliphatic heterocycles. The smallest absolute Gasteiger partial charge is 0.306 e. The van der Waals surface area contributed by atoms with Crippen LogP contribution in [0.5, 0.6) is 0 Å². The molecule has 4 nitrogen and oxygen atoms in total. The molecule has 0 aliphatic carbocycles. The van der Waals surface area contributed by atoms with Gasteiger partial charge in [-0.15, -0.1) is 0 Å². The summed E-state index contributed by atoms with van der Waals surface area (Å²) in [6.07, 6.45) is 44.3. The topological polar surface area (TPSA) is 63.6 Å². The van der Waals surface area contributed by atoms with E-state index in [1.54, 1.807) is 0 Å². The van der Waals surface area contributed by atoms with Crippen LogP contribution in [0.2, 0.25) is 0 Å². The minimum atomic E-state index is -0.665. The maximum atomic E-state index is 12.6. The second-order valence-corrected chi connectivity index (χ2v) is 14.2. The Bertz CT molecular complexity index is 604. The van der Waals surface area contributed by atoms with Gasteiger partial charge in [0, 0.05) is 12.8 Å². The summed E-state index contributed by atoms with van der Waals surface area (Å²) < 4.78 is 6.03. The number of carbonyl (C=O) groups excluding carboxylic acids is 1. The number of carboxylic acids is 1. The highest BCUT2D eigenvalue weighted by Gasteiger charge is 2.14. The zero-order chi connectivity index (χ0) is 32.9. The SMILES string of the molecule is CCCCCCCCCCCCCCCCC(=O)OC(CCCCCCC)CCCCCCCCCCCCCCCC(=O)O. The van der Waals surface area contributed by atoms with Crippen LogP contribution in [0.25, 0.3) is 0 Å². The van der Waals surface area contributed by atoms with Crippen LogP contribution in [0.1, 0.15) is 245 Å². The Morgan fingerprint density at radius 2 is 0.667 bits per heavy atom. The van der Waals surface area contributed by atoms with Crippen LogP contribution in [0.15, 0.2) is 0 Å². The van der Waals surface area contributed by atoms with Crippen molar-refractivity contribution in [2.75, 3.05) is 0 Å². The summed E-state index contributed by atoms with van der Waals surface area (Å²) in [6, 6.07) is 0. The Hall–Kier alpha value is -1.06. The van der Waals surface area contributed by atoms with Crippen LogP contribution in [0.3, 0.4) is 0 Å². The minimum Gasteiger partial charge on any atom is -0.481 e. The number of esters is 1. The highest BCUT2D eigenvalue weighted by Crippen LogP contribution is 2.19. The normalized spacial score (nSPS) is 12.0. The van der Waals surface area contributed by atoms with Crippen molar-refractivity contribution in [1.82, 2.24) is 0 Å². The molecular formula is C41H80O4. The largest absolute Gasteiger partial charge is 0.481 e. The molecule has 0 aromatic carbocycles. The fraction of sp³-hybridized carbons (Fsp3) is 0.951. The van der Waals surface area contributed by atoms with Gasteiger partial charge in [-0.2, -0.15) is 0 Å². The van der Waals surface area contributed by atoms with Gasteiger partial charge in [-0.25, -0.2) is 0 Å². The molecule has 0 aromatic heterocycles. The minimum absolute atomic E-state index is 0.0488. The van der Waals surface area contributed by atoms with E-state index in [-0.39, 0.29) is 12.1 Å². The summed E-state index contributed by atoms with van der Waals surface area (Å²) in [4.78, 5) is 23.2. The summed E-state index contributed by atoms with van der Waals surface area (Å²) in [5, 5.41) is 8.68. The molecule has 0 bridgehead atoms. The van der Waals surface area contributed by atoms with E-state index in [0.717, 1.165) is 32.1 Å². The Morgan fingerprint density at radius 3 is 0.978 bits per heavy atom. The lowest BCUT2D eigenvalue weighted by atomic mass is 10.0. The third kappa shape index (κ3) is 37.3. The number of rotatable bonds is 38. The average molecular weight is 637 g/mol. The van der Waals surface area contributed by atoms with Crippen LogP contribution >= 0.6 is 0 Å². The van der Waals surface area contributed by atoms with Gasteiger partial charge in [-0.3, -0.25) is 9.59 Å². The molecule has 1 unspecified atom stereocenters. The number of aliphatic carboxylic acids is 1. The Morgan fingerprint density at radius 1 is 0.400 bits per heavy atom. The van der Waals surface area contributed by atoms with Gasteiger partial charge >= 0.3 is 11.9 Å². The molecule has 1 atom stereocenters. The van der Waals surface area contributed by atoms with Crippen LogP contribution in [-0.4, -0.2) is 23.1 Å². The van der Waals surface area contributed by atoms with E-state index in [1.807, 2.05) is 0 Å². The van der Waals surface area contributed by atoms with E-state index >= 15 is 0 Å². The fourth-order valence-corrected chi connectivity index (χ4v) is 6.54. The number of hydrogen-bond acceptors (Lipinski definition) is 3. The maximum Gasteiger partial charge on any atom is 0.306 e. The molecule has 0 radical (unpaired) electrons. The number of hydrogen-bond donors (Lipinski definition) is 1. The molecule has 0 rings (SSSR count). The van der Waals surface area contributed by atoms with Gasteiger partial charge in [0.1, 0.15) is 6.10 Å². The van der Waals surface area contributed by atoms with E-state index in [1.165, 1.54) is 186 Å².